The zero-order valence-electron chi connectivity index (χ0n) is 22.1. The molecule has 12 heteroatoms. The molecule has 1 aromatic heterocycles. The van der Waals surface area contributed by atoms with E-state index in [4.69, 9.17) is 20.9 Å². The summed E-state index contributed by atoms with van der Waals surface area (Å²) in [5.41, 5.74) is 14.1. The number of likely N-dealkylation sites (tertiary alicyclic amines) is 1. The molecule has 2 fully saturated rings. The molecule has 2 aliphatic rings. The van der Waals surface area contributed by atoms with Crippen molar-refractivity contribution >= 4 is 23.5 Å². The monoisotopic (exact) mass is 550 g/mol. The third-order valence-electron chi connectivity index (χ3n) is 7.39. The smallest absolute Gasteiger partial charge is 0.255 e. The van der Waals surface area contributed by atoms with Crippen molar-refractivity contribution in [1.29, 1.82) is 0 Å². The molecule has 210 valence electrons. The lowest BCUT2D eigenvalue weighted by molar-refractivity contribution is -0.151. The number of nitrogens with two attached hydrogens (primary N) is 2. The number of piperidine rings is 1. The van der Waals surface area contributed by atoms with E-state index in [0.717, 1.165) is 11.6 Å². The number of halogens is 1. The van der Waals surface area contributed by atoms with E-state index in [0.29, 0.717) is 50.4 Å². The zero-order valence-corrected chi connectivity index (χ0v) is 22.1. The number of benzene rings is 2. The van der Waals surface area contributed by atoms with Crippen LogP contribution in [0.4, 0.5) is 10.2 Å². The van der Waals surface area contributed by atoms with E-state index in [1.807, 2.05) is 4.90 Å². The second-order valence-corrected chi connectivity index (χ2v) is 9.93. The van der Waals surface area contributed by atoms with Crippen LogP contribution in [0.2, 0.25) is 0 Å². The van der Waals surface area contributed by atoms with Crippen LogP contribution < -0.4 is 21.5 Å². The Morgan fingerprint density at radius 2 is 1.82 bits per heavy atom. The van der Waals surface area contributed by atoms with Crippen LogP contribution in [0.5, 0.6) is 5.75 Å². The van der Waals surface area contributed by atoms with Gasteiger partial charge < -0.3 is 31.2 Å². The van der Waals surface area contributed by atoms with E-state index >= 15 is 0 Å². The van der Waals surface area contributed by atoms with Crippen LogP contribution in [0.1, 0.15) is 45.2 Å². The first-order chi connectivity index (χ1) is 19.3. The van der Waals surface area contributed by atoms with E-state index in [2.05, 4.69) is 10.4 Å². The Labute approximate surface area is 230 Å². The average Bonchev–Trinajstić information content (AvgIpc) is 3.28. The first-order valence-corrected chi connectivity index (χ1v) is 13.0. The van der Waals surface area contributed by atoms with Gasteiger partial charge in [-0.1, -0.05) is 24.3 Å². The number of rotatable bonds is 8. The molecule has 0 unspecified atom stereocenters. The number of aromatic nitrogens is 2. The predicted molar refractivity (Wildman–Crippen MR) is 144 cm³/mol. The van der Waals surface area contributed by atoms with Crippen LogP contribution in [0.3, 0.4) is 0 Å². The van der Waals surface area contributed by atoms with Crippen molar-refractivity contribution in [2.24, 2.45) is 11.7 Å². The van der Waals surface area contributed by atoms with E-state index < -0.39 is 17.6 Å². The van der Waals surface area contributed by atoms with Crippen molar-refractivity contribution in [3.63, 3.8) is 0 Å². The van der Waals surface area contributed by atoms with Crippen molar-refractivity contribution in [1.82, 2.24) is 20.0 Å². The highest BCUT2D eigenvalue weighted by molar-refractivity contribution is 6.03. The number of hydrogen-bond donors (Lipinski definition) is 3. The summed E-state index contributed by atoms with van der Waals surface area (Å²) in [7, 11) is 1.41. The van der Waals surface area contributed by atoms with Gasteiger partial charge in [0.15, 0.2) is 0 Å². The Balaban J connectivity index is 1.28. The summed E-state index contributed by atoms with van der Waals surface area (Å²) in [4.78, 5) is 39.3. The Morgan fingerprint density at radius 3 is 2.42 bits per heavy atom. The quantitative estimate of drug-likeness (QED) is 0.388. The van der Waals surface area contributed by atoms with Crippen LogP contribution in [-0.2, 0) is 16.1 Å². The molecular weight excluding hydrogens is 519 g/mol. The first-order valence-electron chi connectivity index (χ1n) is 13.0. The van der Waals surface area contributed by atoms with Crippen molar-refractivity contribution < 1.29 is 28.2 Å². The molecule has 3 heterocycles. The fourth-order valence-electron chi connectivity index (χ4n) is 5.05. The van der Waals surface area contributed by atoms with Crippen molar-refractivity contribution in [3.05, 3.63) is 65.0 Å². The van der Waals surface area contributed by atoms with E-state index in [-0.39, 0.29) is 47.1 Å². The lowest BCUT2D eigenvalue weighted by Gasteiger charge is -2.36. The van der Waals surface area contributed by atoms with Crippen LogP contribution >= 0.6 is 0 Å². The summed E-state index contributed by atoms with van der Waals surface area (Å²) >= 11 is 0. The molecule has 3 aromatic rings. The molecule has 5 rings (SSSR count). The molecule has 3 amide bonds. The minimum atomic E-state index is -0.684. The third kappa shape index (κ3) is 5.34. The number of nitrogen functional groups attached to an aromatic ring is 1. The Hall–Kier alpha value is -4.45. The number of methoxy groups -OCH3 is 1. The zero-order chi connectivity index (χ0) is 28.4. The fourth-order valence-corrected chi connectivity index (χ4v) is 5.05. The molecule has 2 saturated heterocycles. The number of primary amides is 1. The molecule has 40 heavy (non-hydrogen) atoms. The maximum atomic E-state index is 13.6. The van der Waals surface area contributed by atoms with Gasteiger partial charge in [0.2, 0.25) is 5.91 Å². The second-order valence-electron chi connectivity index (χ2n) is 9.93. The van der Waals surface area contributed by atoms with E-state index in [1.165, 1.54) is 19.2 Å². The van der Waals surface area contributed by atoms with Crippen LogP contribution in [0.25, 0.3) is 11.3 Å². The standard InChI is InChI=1S/C28H31FN6O5/c1-39-22-7-6-19(29)12-21(22)27(37)32-13-16-2-4-17(5-3-16)24-23(26(31)36)25(30)35(33-24)20-8-10-34(11-9-20)28(38)18-14-40-15-18/h2-7,12,18,20H,8-11,13-15,30H2,1H3,(H2,31,36)(H,32,37). The molecule has 0 atom stereocenters. The van der Waals surface area contributed by atoms with Gasteiger partial charge in [0.25, 0.3) is 11.8 Å². The van der Waals surface area contributed by atoms with Crippen molar-refractivity contribution in [3.8, 4) is 17.0 Å². The largest absolute Gasteiger partial charge is 0.496 e. The maximum Gasteiger partial charge on any atom is 0.255 e. The van der Waals surface area contributed by atoms with Gasteiger partial charge in [-0.3, -0.25) is 14.4 Å². The van der Waals surface area contributed by atoms with Crippen molar-refractivity contribution in [2.75, 3.05) is 39.1 Å². The molecule has 11 nitrogen and oxygen atoms in total. The summed E-state index contributed by atoms with van der Waals surface area (Å²) in [6, 6.07) is 10.8. The minimum Gasteiger partial charge on any atom is -0.496 e. The average molecular weight is 551 g/mol. The fraction of sp³-hybridized carbons (Fsp3) is 0.357. The number of nitrogens with zero attached hydrogens (tertiary/aromatic N) is 3. The van der Waals surface area contributed by atoms with E-state index in [9.17, 15) is 18.8 Å². The molecule has 0 spiro atoms. The summed E-state index contributed by atoms with van der Waals surface area (Å²) in [6.45, 7) is 2.28. The van der Waals surface area contributed by atoms with Gasteiger partial charge in [0.05, 0.1) is 37.8 Å². The number of anilines is 1. The molecule has 5 N–H and O–H groups in total. The minimum absolute atomic E-state index is 0.0557. The van der Waals surface area contributed by atoms with E-state index in [1.54, 1.807) is 28.9 Å². The highest BCUT2D eigenvalue weighted by atomic mass is 19.1. The normalized spacial score (nSPS) is 15.9. The topological polar surface area (TPSA) is 155 Å². The number of hydrogen-bond acceptors (Lipinski definition) is 7. The third-order valence-corrected chi connectivity index (χ3v) is 7.39. The highest BCUT2D eigenvalue weighted by Crippen LogP contribution is 2.33. The Morgan fingerprint density at radius 1 is 1.12 bits per heavy atom. The lowest BCUT2D eigenvalue weighted by atomic mass is 10.0. The molecule has 2 aromatic carbocycles. The number of carbonyl (C=O) groups excluding carboxylic acids is 3. The molecule has 0 aliphatic carbocycles. The number of nitrogens with one attached hydrogen (secondary N) is 1. The summed E-state index contributed by atoms with van der Waals surface area (Å²) < 4.78 is 25.6. The molecule has 0 radical (unpaired) electrons. The van der Waals surface area contributed by atoms with Crippen LogP contribution in [0.15, 0.2) is 42.5 Å². The molecule has 2 aliphatic heterocycles. The van der Waals surface area contributed by atoms with Gasteiger partial charge >= 0.3 is 0 Å². The second kappa shape index (κ2) is 11.3. The van der Waals surface area contributed by atoms with Gasteiger partial charge in [-0.15, -0.1) is 0 Å². The Bertz CT molecular complexity index is 1430. The van der Waals surface area contributed by atoms with Crippen LogP contribution in [0, 0.1) is 11.7 Å². The van der Waals surface area contributed by atoms with Gasteiger partial charge in [-0.25, -0.2) is 9.07 Å². The SMILES string of the molecule is COc1ccc(F)cc1C(=O)NCc1ccc(-c2nn(C3CCN(C(=O)C4COC4)CC3)c(N)c2C(N)=O)cc1. The van der Waals surface area contributed by atoms with Gasteiger partial charge in [-0.2, -0.15) is 5.10 Å². The summed E-state index contributed by atoms with van der Waals surface area (Å²) in [5.74, 6) is -1.18. The molecular formula is C28H31FN6O5. The number of ether oxygens (including phenoxy) is 2. The van der Waals surface area contributed by atoms with Gasteiger partial charge in [0, 0.05) is 25.2 Å². The van der Waals surface area contributed by atoms with Gasteiger partial charge in [0.1, 0.15) is 28.6 Å². The highest BCUT2D eigenvalue weighted by Gasteiger charge is 2.34. The van der Waals surface area contributed by atoms with Crippen molar-refractivity contribution in [2.45, 2.75) is 25.4 Å². The number of amides is 3. The lowest BCUT2D eigenvalue weighted by Crippen LogP contribution is -2.48. The molecule has 0 bridgehead atoms. The summed E-state index contributed by atoms with van der Waals surface area (Å²) in [5, 5.41) is 7.43. The predicted octanol–water partition coefficient (Wildman–Crippen LogP) is 2.12. The molecule has 0 saturated carbocycles. The number of carbonyl (C=O) groups is 3. The van der Waals surface area contributed by atoms with Gasteiger partial charge in [-0.05, 0) is 36.6 Å². The Kier molecular flexibility index (Phi) is 7.69. The van der Waals surface area contributed by atoms with Crippen LogP contribution in [-0.4, -0.2) is 65.8 Å². The summed E-state index contributed by atoms with van der Waals surface area (Å²) in [6.07, 6.45) is 1.30. The maximum absolute atomic E-state index is 13.6. The first kappa shape index (κ1) is 27.1.